The highest BCUT2D eigenvalue weighted by Crippen LogP contribution is 2.16. The number of carbonyl (C=O) groups is 1. The summed E-state index contributed by atoms with van der Waals surface area (Å²) in [5.41, 5.74) is 1.84. The summed E-state index contributed by atoms with van der Waals surface area (Å²) in [6, 6.07) is 13.4. The Morgan fingerprint density at radius 3 is 2.67 bits per heavy atom. The van der Waals surface area contributed by atoms with Gasteiger partial charge in [0.05, 0.1) is 18.7 Å². The van der Waals surface area contributed by atoms with E-state index in [0.29, 0.717) is 13.0 Å². The van der Waals surface area contributed by atoms with E-state index < -0.39 is 0 Å². The fourth-order valence-corrected chi connectivity index (χ4v) is 1.99. The second kappa shape index (κ2) is 6.31. The van der Waals surface area contributed by atoms with E-state index in [1.807, 2.05) is 42.5 Å². The lowest BCUT2D eigenvalue weighted by Crippen LogP contribution is -2.25. The molecule has 0 saturated heterocycles. The summed E-state index contributed by atoms with van der Waals surface area (Å²) in [6.07, 6.45) is 2.09. The molecule has 1 heterocycles. The zero-order valence-corrected chi connectivity index (χ0v) is 11.4. The molecule has 2 aromatic rings. The first-order chi connectivity index (χ1) is 8.75. The highest BCUT2D eigenvalue weighted by Gasteiger charge is 2.06. The Balaban J connectivity index is 1.88. The van der Waals surface area contributed by atoms with Crippen molar-refractivity contribution in [1.82, 2.24) is 10.3 Å². The van der Waals surface area contributed by atoms with Gasteiger partial charge in [0.15, 0.2) is 0 Å². The van der Waals surface area contributed by atoms with E-state index in [4.69, 9.17) is 0 Å². The van der Waals surface area contributed by atoms with Crippen LogP contribution >= 0.6 is 15.9 Å². The van der Waals surface area contributed by atoms with Crippen molar-refractivity contribution in [2.24, 2.45) is 0 Å². The van der Waals surface area contributed by atoms with E-state index in [1.54, 1.807) is 6.20 Å². The molecule has 4 heteroatoms. The molecule has 0 spiro atoms. The zero-order valence-electron chi connectivity index (χ0n) is 9.77. The van der Waals surface area contributed by atoms with E-state index in [2.05, 4.69) is 26.2 Å². The number of benzene rings is 1. The molecule has 0 aliphatic heterocycles. The molecule has 3 nitrogen and oxygen atoms in total. The van der Waals surface area contributed by atoms with Gasteiger partial charge in [0, 0.05) is 10.7 Å². The maximum Gasteiger partial charge on any atom is 0.224 e. The highest BCUT2D eigenvalue weighted by atomic mass is 79.9. The molecule has 92 valence electrons. The number of nitrogens with one attached hydrogen (secondary N) is 1. The summed E-state index contributed by atoms with van der Waals surface area (Å²) in [4.78, 5) is 15.9. The number of rotatable bonds is 4. The van der Waals surface area contributed by atoms with Crippen LogP contribution in [0.15, 0.2) is 53.1 Å². The number of amides is 1. The maximum atomic E-state index is 11.8. The second-order valence-corrected chi connectivity index (χ2v) is 4.72. The molecule has 1 aromatic carbocycles. The average Bonchev–Trinajstić information content (AvgIpc) is 2.40. The summed E-state index contributed by atoms with van der Waals surface area (Å²) in [7, 11) is 0. The molecule has 1 N–H and O–H groups in total. The molecule has 0 radical (unpaired) electrons. The molecule has 0 aliphatic carbocycles. The Hall–Kier alpha value is -1.68. The lowest BCUT2D eigenvalue weighted by atomic mass is 10.1. The van der Waals surface area contributed by atoms with Crippen molar-refractivity contribution < 1.29 is 4.79 Å². The van der Waals surface area contributed by atoms with Crippen LogP contribution in [0.4, 0.5) is 0 Å². The topological polar surface area (TPSA) is 42.0 Å². The van der Waals surface area contributed by atoms with Gasteiger partial charge in [-0.25, -0.2) is 0 Å². The second-order valence-electron chi connectivity index (χ2n) is 3.87. The fraction of sp³-hybridized carbons (Fsp3) is 0.143. The minimum absolute atomic E-state index is 0.00690. The minimum Gasteiger partial charge on any atom is -0.350 e. The number of pyridine rings is 1. The van der Waals surface area contributed by atoms with Gasteiger partial charge in [-0.05, 0) is 23.8 Å². The smallest absolute Gasteiger partial charge is 0.224 e. The third kappa shape index (κ3) is 3.67. The van der Waals surface area contributed by atoms with Gasteiger partial charge in [0.1, 0.15) is 0 Å². The van der Waals surface area contributed by atoms with Gasteiger partial charge in [0.25, 0.3) is 0 Å². The van der Waals surface area contributed by atoms with Crippen LogP contribution in [0, 0.1) is 0 Å². The molecule has 1 amide bonds. The van der Waals surface area contributed by atoms with Crippen molar-refractivity contribution in [2.75, 3.05) is 0 Å². The molecular weight excluding hydrogens is 292 g/mol. The number of carbonyl (C=O) groups excluding carboxylic acids is 1. The number of aromatic nitrogens is 1. The van der Waals surface area contributed by atoms with Crippen molar-refractivity contribution in [1.29, 1.82) is 0 Å². The van der Waals surface area contributed by atoms with Gasteiger partial charge >= 0.3 is 0 Å². The molecule has 0 saturated carbocycles. The minimum atomic E-state index is -0.00690. The standard InChI is InChI=1S/C14H13BrN2O/c15-13-7-2-1-5-11(13)9-14(18)17-10-12-6-3-4-8-16-12/h1-8H,9-10H2,(H,17,18). The molecule has 0 atom stereocenters. The van der Waals surface area contributed by atoms with Crippen LogP contribution in [-0.4, -0.2) is 10.9 Å². The van der Waals surface area contributed by atoms with E-state index in [-0.39, 0.29) is 5.91 Å². The molecule has 0 aliphatic rings. The van der Waals surface area contributed by atoms with Gasteiger partial charge in [0.2, 0.25) is 5.91 Å². The number of hydrogen-bond donors (Lipinski definition) is 1. The van der Waals surface area contributed by atoms with Crippen LogP contribution in [0.3, 0.4) is 0 Å². The quantitative estimate of drug-likeness (QED) is 0.943. The molecule has 18 heavy (non-hydrogen) atoms. The molecule has 0 unspecified atom stereocenters. The van der Waals surface area contributed by atoms with Crippen LogP contribution in [0.1, 0.15) is 11.3 Å². The normalized spacial score (nSPS) is 10.1. The molecule has 0 fully saturated rings. The van der Waals surface area contributed by atoms with Crippen molar-refractivity contribution in [3.05, 3.63) is 64.4 Å². The van der Waals surface area contributed by atoms with Crippen LogP contribution in [-0.2, 0) is 17.8 Å². The first-order valence-corrected chi connectivity index (χ1v) is 6.45. The average molecular weight is 305 g/mol. The Labute approximate surface area is 114 Å². The maximum absolute atomic E-state index is 11.8. The van der Waals surface area contributed by atoms with Gasteiger partial charge in [-0.1, -0.05) is 40.2 Å². The van der Waals surface area contributed by atoms with Gasteiger partial charge in [-0.15, -0.1) is 0 Å². The predicted octanol–water partition coefficient (Wildman–Crippen LogP) is 2.70. The van der Waals surface area contributed by atoms with E-state index in [1.165, 1.54) is 0 Å². The predicted molar refractivity (Wildman–Crippen MR) is 73.9 cm³/mol. The van der Waals surface area contributed by atoms with E-state index in [9.17, 15) is 4.79 Å². The van der Waals surface area contributed by atoms with Crippen LogP contribution in [0.25, 0.3) is 0 Å². The summed E-state index contributed by atoms with van der Waals surface area (Å²) < 4.78 is 0.956. The van der Waals surface area contributed by atoms with Crippen LogP contribution in [0.2, 0.25) is 0 Å². The van der Waals surface area contributed by atoms with E-state index in [0.717, 1.165) is 15.7 Å². The largest absolute Gasteiger partial charge is 0.350 e. The van der Waals surface area contributed by atoms with E-state index >= 15 is 0 Å². The zero-order chi connectivity index (χ0) is 12.8. The molecule has 2 rings (SSSR count). The third-order valence-corrected chi connectivity index (χ3v) is 3.28. The van der Waals surface area contributed by atoms with Crippen molar-refractivity contribution in [2.45, 2.75) is 13.0 Å². The molecule has 1 aromatic heterocycles. The van der Waals surface area contributed by atoms with Gasteiger partial charge in [-0.2, -0.15) is 0 Å². The lowest BCUT2D eigenvalue weighted by Gasteiger charge is -2.06. The van der Waals surface area contributed by atoms with Crippen molar-refractivity contribution in [3.63, 3.8) is 0 Å². The summed E-state index contributed by atoms with van der Waals surface area (Å²) in [6.45, 7) is 0.462. The molecule has 0 bridgehead atoms. The monoisotopic (exact) mass is 304 g/mol. The highest BCUT2D eigenvalue weighted by molar-refractivity contribution is 9.10. The van der Waals surface area contributed by atoms with Crippen LogP contribution in [0.5, 0.6) is 0 Å². The first-order valence-electron chi connectivity index (χ1n) is 5.66. The Morgan fingerprint density at radius 2 is 1.94 bits per heavy atom. The Morgan fingerprint density at radius 1 is 1.17 bits per heavy atom. The van der Waals surface area contributed by atoms with Gasteiger partial charge in [-0.3, -0.25) is 9.78 Å². The van der Waals surface area contributed by atoms with Gasteiger partial charge < -0.3 is 5.32 Å². The molecular formula is C14H13BrN2O. The first kappa shape index (κ1) is 12.8. The number of halogens is 1. The lowest BCUT2D eigenvalue weighted by molar-refractivity contribution is -0.120. The Kier molecular flexibility index (Phi) is 4.47. The Bertz CT molecular complexity index is 528. The van der Waals surface area contributed by atoms with Crippen molar-refractivity contribution >= 4 is 21.8 Å². The summed E-state index contributed by atoms with van der Waals surface area (Å²) in [5.74, 6) is -0.00690. The summed E-state index contributed by atoms with van der Waals surface area (Å²) in [5, 5.41) is 2.85. The van der Waals surface area contributed by atoms with Crippen LogP contribution < -0.4 is 5.32 Å². The number of nitrogens with zero attached hydrogens (tertiary/aromatic N) is 1. The summed E-state index contributed by atoms with van der Waals surface area (Å²) >= 11 is 3.43. The number of hydrogen-bond acceptors (Lipinski definition) is 2. The third-order valence-electron chi connectivity index (χ3n) is 2.50. The van der Waals surface area contributed by atoms with Crippen molar-refractivity contribution in [3.8, 4) is 0 Å². The fourth-order valence-electron chi connectivity index (χ4n) is 1.57. The SMILES string of the molecule is O=C(Cc1ccccc1Br)NCc1ccccn1.